The molecule has 0 aromatic heterocycles. The van der Waals surface area contributed by atoms with E-state index in [9.17, 15) is 17.6 Å². The quantitative estimate of drug-likeness (QED) is 0.873. The molecule has 3 nitrogen and oxygen atoms in total. The van der Waals surface area contributed by atoms with Gasteiger partial charge < -0.3 is 5.32 Å². The average Bonchev–Trinajstić information content (AvgIpc) is 2.45. The van der Waals surface area contributed by atoms with Gasteiger partial charge in [-0.25, -0.2) is 4.39 Å². The molecule has 1 aromatic rings. The summed E-state index contributed by atoms with van der Waals surface area (Å²) >= 11 is 0. The summed E-state index contributed by atoms with van der Waals surface area (Å²) in [5.41, 5.74) is -0.953. The highest BCUT2D eigenvalue weighted by Gasteiger charge is 2.33. The van der Waals surface area contributed by atoms with E-state index in [4.69, 9.17) is 5.26 Å². The van der Waals surface area contributed by atoms with E-state index >= 15 is 0 Å². The second-order valence-electron chi connectivity index (χ2n) is 4.90. The zero-order chi connectivity index (χ0) is 15.5. The minimum atomic E-state index is -4.52. The Hall–Kier alpha value is -1.65. The van der Waals surface area contributed by atoms with E-state index in [1.165, 1.54) is 0 Å². The highest BCUT2D eigenvalue weighted by Crippen LogP contribution is 2.34. The fraction of sp³-hybridized carbons (Fsp3) is 0.500. The topological polar surface area (TPSA) is 39.1 Å². The van der Waals surface area contributed by atoms with Crippen LogP contribution in [0.2, 0.25) is 0 Å². The number of hydrogen-bond acceptors (Lipinski definition) is 3. The number of hydrogen-bond donors (Lipinski definition) is 1. The van der Waals surface area contributed by atoms with Crippen molar-refractivity contribution in [2.24, 2.45) is 0 Å². The van der Waals surface area contributed by atoms with E-state index in [1.807, 2.05) is 11.0 Å². The Morgan fingerprint density at radius 3 is 2.52 bits per heavy atom. The predicted molar refractivity (Wildman–Crippen MR) is 68.8 cm³/mol. The SMILES string of the molecule is N#CC[C@@H](c1cc(C(F)(F)F)ccc1F)N1CCNCC1. The van der Waals surface area contributed by atoms with Crippen molar-refractivity contribution in [3.8, 4) is 6.07 Å². The first-order valence-electron chi connectivity index (χ1n) is 6.62. The standard InChI is InChI=1S/C14H15F4N3/c15-12-2-1-10(14(16,17)18)9-11(12)13(3-4-19)21-7-5-20-6-8-21/h1-2,9,13,20H,3,5-8H2/t13-/m0/s1. The Balaban J connectivity index is 2.37. The largest absolute Gasteiger partial charge is 0.416 e. The third-order valence-corrected chi connectivity index (χ3v) is 3.56. The minimum absolute atomic E-state index is 0.0434. The molecule has 1 aromatic carbocycles. The first-order chi connectivity index (χ1) is 9.93. The molecule has 0 spiro atoms. The van der Waals surface area contributed by atoms with Crippen molar-refractivity contribution in [3.05, 3.63) is 35.1 Å². The van der Waals surface area contributed by atoms with Gasteiger partial charge in [0.2, 0.25) is 0 Å². The smallest absolute Gasteiger partial charge is 0.314 e. The lowest BCUT2D eigenvalue weighted by Gasteiger charge is -2.34. The van der Waals surface area contributed by atoms with E-state index in [1.54, 1.807) is 0 Å². The molecule has 1 saturated heterocycles. The first kappa shape index (κ1) is 15.7. The summed E-state index contributed by atoms with van der Waals surface area (Å²) in [5.74, 6) is -0.707. The molecule has 0 bridgehead atoms. The van der Waals surface area contributed by atoms with Crippen LogP contribution in [0.25, 0.3) is 0 Å². The van der Waals surface area contributed by atoms with Crippen LogP contribution in [0.4, 0.5) is 17.6 Å². The number of nitrogens with one attached hydrogen (secondary N) is 1. The highest BCUT2D eigenvalue weighted by atomic mass is 19.4. The van der Waals surface area contributed by atoms with Crippen LogP contribution in [0, 0.1) is 17.1 Å². The number of halogens is 4. The van der Waals surface area contributed by atoms with Gasteiger partial charge in [0.25, 0.3) is 0 Å². The Labute approximate surface area is 120 Å². The molecule has 7 heteroatoms. The van der Waals surface area contributed by atoms with Crippen molar-refractivity contribution in [3.63, 3.8) is 0 Å². The summed E-state index contributed by atoms with van der Waals surface area (Å²) in [4.78, 5) is 1.85. The number of piperazine rings is 1. The van der Waals surface area contributed by atoms with Gasteiger partial charge in [-0.1, -0.05) is 0 Å². The Morgan fingerprint density at radius 1 is 1.29 bits per heavy atom. The van der Waals surface area contributed by atoms with Gasteiger partial charge in [-0.2, -0.15) is 18.4 Å². The maximum Gasteiger partial charge on any atom is 0.416 e. The van der Waals surface area contributed by atoms with Crippen LogP contribution < -0.4 is 5.32 Å². The molecule has 21 heavy (non-hydrogen) atoms. The number of nitriles is 1. The summed E-state index contributed by atoms with van der Waals surface area (Å²) in [6, 6.07) is 3.65. The monoisotopic (exact) mass is 301 g/mol. The zero-order valence-corrected chi connectivity index (χ0v) is 11.3. The van der Waals surface area contributed by atoms with Crippen LogP contribution in [-0.4, -0.2) is 31.1 Å². The van der Waals surface area contributed by atoms with Crippen LogP contribution in [0.1, 0.15) is 23.6 Å². The molecule has 2 rings (SSSR count). The second-order valence-corrected chi connectivity index (χ2v) is 4.90. The molecule has 1 aliphatic heterocycles. The number of rotatable bonds is 3. The van der Waals surface area contributed by atoms with Crippen LogP contribution in [-0.2, 0) is 6.18 Å². The van der Waals surface area contributed by atoms with Crippen molar-refractivity contribution in [2.45, 2.75) is 18.6 Å². The molecule has 0 unspecified atom stereocenters. The van der Waals surface area contributed by atoms with Crippen molar-refractivity contribution < 1.29 is 17.6 Å². The normalized spacial score (nSPS) is 18.2. The van der Waals surface area contributed by atoms with Crippen LogP contribution in [0.3, 0.4) is 0 Å². The van der Waals surface area contributed by atoms with Gasteiger partial charge in [0.05, 0.1) is 24.1 Å². The van der Waals surface area contributed by atoms with E-state index in [2.05, 4.69) is 5.32 Å². The van der Waals surface area contributed by atoms with E-state index in [-0.39, 0.29) is 12.0 Å². The zero-order valence-electron chi connectivity index (χ0n) is 11.3. The lowest BCUT2D eigenvalue weighted by atomic mass is 9.98. The molecule has 1 fully saturated rings. The fourth-order valence-corrected chi connectivity index (χ4v) is 2.49. The summed E-state index contributed by atoms with van der Waals surface area (Å²) in [6.45, 7) is 2.48. The first-order valence-corrected chi connectivity index (χ1v) is 6.62. The van der Waals surface area contributed by atoms with Gasteiger partial charge in [0, 0.05) is 31.7 Å². The maximum atomic E-state index is 14.0. The summed E-state index contributed by atoms with van der Waals surface area (Å²) in [7, 11) is 0. The van der Waals surface area contributed by atoms with Crippen molar-refractivity contribution in [2.75, 3.05) is 26.2 Å². The van der Waals surface area contributed by atoms with Gasteiger partial charge in [-0.3, -0.25) is 4.90 Å². The molecular weight excluding hydrogens is 286 g/mol. The van der Waals surface area contributed by atoms with E-state index < -0.39 is 23.6 Å². The van der Waals surface area contributed by atoms with Gasteiger partial charge in [0.1, 0.15) is 5.82 Å². The third kappa shape index (κ3) is 3.71. The summed E-state index contributed by atoms with van der Waals surface area (Å²) in [5, 5.41) is 12.0. The Bertz CT molecular complexity index is 530. The molecule has 0 saturated carbocycles. The van der Waals surface area contributed by atoms with Crippen molar-refractivity contribution in [1.82, 2.24) is 10.2 Å². The van der Waals surface area contributed by atoms with Gasteiger partial charge >= 0.3 is 6.18 Å². The summed E-state index contributed by atoms with van der Waals surface area (Å²) < 4.78 is 52.3. The van der Waals surface area contributed by atoms with Crippen LogP contribution in [0.15, 0.2) is 18.2 Å². The molecule has 1 N–H and O–H groups in total. The number of benzene rings is 1. The van der Waals surface area contributed by atoms with E-state index in [0.717, 1.165) is 18.2 Å². The Morgan fingerprint density at radius 2 is 1.95 bits per heavy atom. The second kappa shape index (κ2) is 6.41. The molecule has 0 radical (unpaired) electrons. The summed E-state index contributed by atoms with van der Waals surface area (Å²) in [6.07, 6.45) is -4.57. The average molecular weight is 301 g/mol. The lowest BCUT2D eigenvalue weighted by Crippen LogP contribution is -2.45. The van der Waals surface area contributed by atoms with Gasteiger partial charge in [-0.05, 0) is 18.2 Å². The number of nitrogens with zero attached hydrogens (tertiary/aromatic N) is 2. The maximum absolute atomic E-state index is 14.0. The molecule has 0 aliphatic carbocycles. The van der Waals surface area contributed by atoms with Crippen LogP contribution in [0.5, 0.6) is 0 Å². The third-order valence-electron chi connectivity index (χ3n) is 3.56. The van der Waals surface area contributed by atoms with Crippen LogP contribution >= 0.6 is 0 Å². The highest BCUT2D eigenvalue weighted by molar-refractivity contribution is 5.30. The molecule has 1 aliphatic rings. The number of alkyl halides is 3. The molecule has 1 heterocycles. The molecular formula is C14H15F4N3. The van der Waals surface area contributed by atoms with Crippen molar-refractivity contribution >= 4 is 0 Å². The molecule has 114 valence electrons. The van der Waals surface area contributed by atoms with Gasteiger partial charge in [0.15, 0.2) is 0 Å². The van der Waals surface area contributed by atoms with Crippen molar-refractivity contribution in [1.29, 1.82) is 5.26 Å². The van der Waals surface area contributed by atoms with Gasteiger partial charge in [-0.15, -0.1) is 0 Å². The predicted octanol–water partition coefficient (Wildman–Crippen LogP) is 2.70. The minimum Gasteiger partial charge on any atom is -0.314 e. The lowest BCUT2D eigenvalue weighted by molar-refractivity contribution is -0.137. The fourth-order valence-electron chi connectivity index (χ4n) is 2.49. The molecule has 0 amide bonds. The molecule has 1 atom stereocenters. The van der Waals surface area contributed by atoms with E-state index in [0.29, 0.717) is 26.2 Å². The Kier molecular flexibility index (Phi) is 4.80.